The first-order valence-corrected chi connectivity index (χ1v) is 12.8. The van der Waals surface area contributed by atoms with E-state index < -0.39 is 6.10 Å². The maximum atomic E-state index is 10.3. The van der Waals surface area contributed by atoms with Gasteiger partial charge in [-0.05, 0) is 51.3 Å². The molecule has 0 radical (unpaired) electrons. The summed E-state index contributed by atoms with van der Waals surface area (Å²) < 4.78 is 18.0. The highest BCUT2D eigenvalue weighted by Gasteiger charge is 2.24. The number of β-amino-alcohol motifs (C(OH)–C–C–N with tert-alkyl or cyclic N) is 1. The Morgan fingerprint density at radius 1 is 1.06 bits per heavy atom. The van der Waals surface area contributed by atoms with Crippen LogP contribution < -0.4 is 9.47 Å². The molecule has 2 aromatic rings. The van der Waals surface area contributed by atoms with E-state index in [-0.39, 0.29) is 12.0 Å². The van der Waals surface area contributed by atoms with E-state index in [1.165, 1.54) is 11.1 Å². The molecule has 0 bridgehead atoms. The summed E-state index contributed by atoms with van der Waals surface area (Å²) >= 11 is 9.53. The van der Waals surface area contributed by atoms with Crippen LogP contribution in [0.25, 0.3) is 0 Å². The molecule has 1 saturated heterocycles. The van der Waals surface area contributed by atoms with Crippen LogP contribution in [-0.4, -0.2) is 68.1 Å². The predicted octanol–water partition coefficient (Wildman–Crippen LogP) is 5.10. The maximum absolute atomic E-state index is 10.3. The van der Waals surface area contributed by atoms with Crippen molar-refractivity contribution < 1.29 is 19.3 Å². The van der Waals surface area contributed by atoms with Gasteiger partial charge in [-0.3, -0.25) is 4.90 Å². The minimum absolute atomic E-state index is 0.196. The average molecular weight is 541 g/mol. The second kappa shape index (κ2) is 12.4. The molecule has 2 atom stereocenters. The van der Waals surface area contributed by atoms with Gasteiger partial charge in [0.25, 0.3) is 0 Å². The Balaban J connectivity index is 1.57. The average Bonchev–Trinajstić information content (AvgIpc) is 2.82. The van der Waals surface area contributed by atoms with Gasteiger partial charge in [0.2, 0.25) is 0 Å². The Labute approximate surface area is 211 Å². The number of aliphatic hydroxyl groups is 1. The standard InChI is InChI=1S/C26H35BrClNO4/c1-19(15-28)17-33-25-9-6-21(14-24(25)27)26(2,3)20-4-7-23(8-5-20)32-18-22(30)16-29-10-12-31-13-11-29/h4-9,14,19,22,30H,10-13,15-18H2,1-3H3/t19-,22-/m0/s1. The molecule has 1 aliphatic heterocycles. The van der Waals surface area contributed by atoms with Gasteiger partial charge in [-0.2, -0.15) is 0 Å². The minimum Gasteiger partial charge on any atom is -0.492 e. The number of morpholine rings is 1. The number of alkyl halides is 1. The van der Waals surface area contributed by atoms with Gasteiger partial charge in [-0.15, -0.1) is 11.6 Å². The monoisotopic (exact) mass is 539 g/mol. The summed E-state index contributed by atoms with van der Waals surface area (Å²) in [6.45, 7) is 11.1. The number of ether oxygens (including phenoxy) is 3. The zero-order valence-corrected chi connectivity index (χ0v) is 22.1. The van der Waals surface area contributed by atoms with Gasteiger partial charge in [0, 0.05) is 36.8 Å². The van der Waals surface area contributed by atoms with E-state index in [9.17, 15) is 5.11 Å². The summed E-state index contributed by atoms with van der Waals surface area (Å²) in [7, 11) is 0. The molecule has 182 valence electrons. The highest BCUT2D eigenvalue weighted by Crippen LogP contribution is 2.36. The van der Waals surface area contributed by atoms with E-state index in [0.29, 0.717) is 24.9 Å². The van der Waals surface area contributed by atoms with Crippen molar-refractivity contribution >= 4 is 27.5 Å². The van der Waals surface area contributed by atoms with Crippen LogP contribution in [0.3, 0.4) is 0 Å². The smallest absolute Gasteiger partial charge is 0.133 e. The van der Waals surface area contributed by atoms with Crippen molar-refractivity contribution in [1.82, 2.24) is 4.90 Å². The third-order valence-electron chi connectivity index (χ3n) is 6.03. The Morgan fingerprint density at radius 2 is 1.73 bits per heavy atom. The van der Waals surface area contributed by atoms with Crippen LogP contribution in [0.4, 0.5) is 0 Å². The molecule has 3 rings (SSSR count). The molecule has 1 heterocycles. The molecule has 0 amide bonds. The summed E-state index contributed by atoms with van der Waals surface area (Å²) in [6, 6.07) is 14.4. The van der Waals surface area contributed by atoms with Crippen molar-refractivity contribution in [2.24, 2.45) is 5.92 Å². The van der Waals surface area contributed by atoms with E-state index in [1.54, 1.807) is 0 Å². The van der Waals surface area contributed by atoms with Gasteiger partial charge in [0.1, 0.15) is 24.2 Å². The summed E-state index contributed by atoms with van der Waals surface area (Å²) in [6.07, 6.45) is -0.523. The van der Waals surface area contributed by atoms with E-state index >= 15 is 0 Å². The second-order valence-electron chi connectivity index (χ2n) is 9.24. The number of halogens is 2. The van der Waals surface area contributed by atoms with Gasteiger partial charge < -0.3 is 19.3 Å². The van der Waals surface area contributed by atoms with Gasteiger partial charge in [-0.25, -0.2) is 0 Å². The molecule has 1 aliphatic rings. The van der Waals surface area contributed by atoms with Gasteiger partial charge in [-0.1, -0.05) is 39.0 Å². The van der Waals surface area contributed by atoms with Crippen LogP contribution in [0.2, 0.25) is 0 Å². The van der Waals surface area contributed by atoms with Gasteiger partial charge >= 0.3 is 0 Å². The van der Waals surface area contributed by atoms with Crippen molar-refractivity contribution in [3.05, 3.63) is 58.1 Å². The highest BCUT2D eigenvalue weighted by atomic mass is 79.9. The van der Waals surface area contributed by atoms with E-state index in [2.05, 4.69) is 65.9 Å². The molecule has 2 aromatic carbocycles. The lowest BCUT2D eigenvalue weighted by atomic mass is 9.78. The van der Waals surface area contributed by atoms with Crippen LogP contribution in [0.15, 0.2) is 46.9 Å². The summed E-state index contributed by atoms with van der Waals surface area (Å²) in [5.74, 6) is 2.46. The molecule has 0 saturated carbocycles. The fraction of sp³-hybridized carbons (Fsp3) is 0.538. The molecule has 1 fully saturated rings. The number of rotatable bonds is 11. The van der Waals surface area contributed by atoms with E-state index in [4.69, 9.17) is 25.8 Å². The number of aliphatic hydroxyl groups excluding tert-OH is 1. The van der Waals surface area contributed by atoms with Crippen LogP contribution in [-0.2, 0) is 10.2 Å². The van der Waals surface area contributed by atoms with Crippen molar-refractivity contribution in [2.45, 2.75) is 32.3 Å². The molecule has 33 heavy (non-hydrogen) atoms. The van der Waals surface area contributed by atoms with Crippen molar-refractivity contribution in [3.63, 3.8) is 0 Å². The lowest BCUT2D eigenvalue weighted by Gasteiger charge is -2.28. The van der Waals surface area contributed by atoms with E-state index in [1.807, 2.05) is 18.2 Å². The first-order valence-electron chi connectivity index (χ1n) is 11.5. The minimum atomic E-state index is -0.523. The Morgan fingerprint density at radius 3 is 2.36 bits per heavy atom. The third kappa shape index (κ3) is 7.59. The molecule has 0 spiro atoms. The number of hydrogen-bond acceptors (Lipinski definition) is 5. The maximum Gasteiger partial charge on any atom is 0.133 e. The van der Waals surface area contributed by atoms with Crippen LogP contribution in [0, 0.1) is 5.92 Å². The molecule has 0 aromatic heterocycles. The van der Waals surface area contributed by atoms with Gasteiger partial charge in [0.05, 0.1) is 24.3 Å². The summed E-state index contributed by atoms with van der Waals surface area (Å²) in [5, 5.41) is 10.3. The topological polar surface area (TPSA) is 51.2 Å². The Kier molecular flexibility index (Phi) is 9.89. The fourth-order valence-corrected chi connectivity index (χ4v) is 4.33. The lowest BCUT2D eigenvalue weighted by molar-refractivity contribution is 0.00465. The Bertz CT molecular complexity index is 871. The van der Waals surface area contributed by atoms with Crippen molar-refractivity contribution in [2.75, 3.05) is 51.9 Å². The zero-order chi connectivity index (χ0) is 23.8. The SMILES string of the molecule is C[C@@H](CCl)COc1ccc(C(C)(C)c2ccc(OC[C@@H](O)CN3CCOCC3)cc2)cc1Br. The number of nitrogens with zero attached hydrogens (tertiary/aromatic N) is 1. The first-order chi connectivity index (χ1) is 15.8. The van der Waals surface area contributed by atoms with Crippen LogP contribution >= 0.6 is 27.5 Å². The van der Waals surface area contributed by atoms with E-state index in [0.717, 1.165) is 42.3 Å². The quantitative estimate of drug-likeness (QED) is 0.402. The first kappa shape index (κ1) is 26.3. The van der Waals surface area contributed by atoms with Crippen molar-refractivity contribution in [3.8, 4) is 11.5 Å². The molecular formula is C26H35BrClNO4. The molecule has 1 N–H and O–H groups in total. The highest BCUT2D eigenvalue weighted by molar-refractivity contribution is 9.10. The summed E-state index contributed by atoms with van der Waals surface area (Å²) in [4.78, 5) is 2.20. The zero-order valence-electron chi connectivity index (χ0n) is 19.7. The number of benzene rings is 2. The lowest BCUT2D eigenvalue weighted by Crippen LogP contribution is -2.42. The summed E-state index contributed by atoms with van der Waals surface area (Å²) in [5.41, 5.74) is 2.17. The van der Waals surface area contributed by atoms with Crippen LogP contribution in [0.1, 0.15) is 31.9 Å². The largest absolute Gasteiger partial charge is 0.492 e. The fourth-order valence-electron chi connectivity index (χ4n) is 3.74. The van der Waals surface area contributed by atoms with Crippen molar-refractivity contribution in [1.29, 1.82) is 0 Å². The molecule has 0 aliphatic carbocycles. The molecule has 7 heteroatoms. The molecule has 0 unspecified atom stereocenters. The second-order valence-corrected chi connectivity index (χ2v) is 10.4. The van der Waals surface area contributed by atoms with Crippen LogP contribution in [0.5, 0.6) is 11.5 Å². The normalized spacial score (nSPS) is 16.9. The van der Waals surface area contributed by atoms with Gasteiger partial charge in [0.15, 0.2) is 0 Å². The molecule has 5 nitrogen and oxygen atoms in total. The third-order valence-corrected chi connectivity index (χ3v) is 7.18. The number of hydrogen-bond donors (Lipinski definition) is 1. The molecular weight excluding hydrogens is 506 g/mol. The predicted molar refractivity (Wildman–Crippen MR) is 137 cm³/mol. The Hall–Kier alpha value is -1.31.